The van der Waals surface area contributed by atoms with Crippen LogP contribution in [-0.4, -0.2) is 32.6 Å². The molecule has 1 unspecified atom stereocenters. The van der Waals surface area contributed by atoms with Gasteiger partial charge in [0.15, 0.2) is 5.65 Å². The van der Waals surface area contributed by atoms with Crippen molar-refractivity contribution < 1.29 is 0 Å². The molecule has 3 aromatic heterocycles. The molecule has 4 heterocycles. The largest absolute Gasteiger partial charge is 0.316 e. The van der Waals surface area contributed by atoms with Gasteiger partial charge in [0.1, 0.15) is 11.3 Å². The molecule has 1 aliphatic heterocycles. The topological polar surface area (TPSA) is 55.6 Å². The number of imidazole rings is 1. The highest BCUT2D eigenvalue weighted by molar-refractivity contribution is 5.77. The van der Waals surface area contributed by atoms with E-state index >= 15 is 0 Å². The summed E-state index contributed by atoms with van der Waals surface area (Å²) in [6.07, 6.45) is 8.07. The molecule has 0 bridgehead atoms. The summed E-state index contributed by atoms with van der Waals surface area (Å²) in [4.78, 5) is 13.6. The lowest BCUT2D eigenvalue weighted by molar-refractivity contribution is 0.341. The Hall–Kier alpha value is -2.27. The number of pyridine rings is 2. The van der Waals surface area contributed by atoms with Crippen LogP contribution in [0.15, 0.2) is 36.8 Å². The summed E-state index contributed by atoms with van der Waals surface area (Å²) < 4.78 is 2.28. The van der Waals surface area contributed by atoms with Gasteiger partial charge in [0.2, 0.25) is 0 Å². The minimum Gasteiger partial charge on any atom is -0.316 e. The molecular weight excluding hydrogens is 286 g/mol. The average Bonchev–Trinajstić information content (AvgIpc) is 2.94. The van der Waals surface area contributed by atoms with Gasteiger partial charge in [-0.1, -0.05) is 0 Å². The van der Waals surface area contributed by atoms with Crippen molar-refractivity contribution in [3.63, 3.8) is 0 Å². The predicted octanol–water partition coefficient (Wildman–Crippen LogP) is 2.80. The van der Waals surface area contributed by atoms with E-state index in [0.717, 1.165) is 47.7 Å². The number of aryl methyl sites for hydroxylation is 1. The Morgan fingerprint density at radius 3 is 2.96 bits per heavy atom. The Morgan fingerprint density at radius 2 is 2.17 bits per heavy atom. The first-order valence-electron chi connectivity index (χ1n) is 8.25. The summed E-state index contributed by atoms with van der Waals surface area (Å²) in [5.41, 5.74) is 4.19. The van der Waals surface area contributed by atoms with Crippen molar-refractivity contribution in [3.05, 3.63) is 42.4 Å². The zero-order valence-electron chi connectivity index (χ0n) is 13.4. The van der Waals surface area contributed by atoms with E-state index in [-0.39, 0.29) is 0 Å². The van der Waals surface area contributed by atoms with Crippen LogP contribution < -0.4 is 5.32 Å². The summed E-state index contributed by atoms with van der Waals surface area (Å²) in [6, 6.07) is 6.15. The van der Waals surface area contributed by atoms with Crippen molar-refractivity contribution in [2.75, 3.05) is 13.1 Å². The van der Waals surface area contributed by atoms with Crippen LogP contribution in [0.5, 0.6) is 0 Å². The monoisotopic (exact) mass is 307 g/mol. The van der Waals surface area contributed by atoms with Crippen LogP contribution in [0.2, 0.25) is 0 Å². The van der Waals surface area contributed by atoms with Crippen LogP contribution in [-0.2, 0) is 6.54 Å². The highest BCUT2D eigenvalue weighted by Crippen LogP contribution is 2.26. The molecule has 23 heavy (non-hydrogen) atoms. The second-order valence-electron chi connectivity index (χ2n) is 6.35. The number of aromatic nitrogens is 4. The van der Waals surface area contributed by atoms with Crippen molar-refractivity contribution in [2.24, 2.45) is 5.92 Å². The summed E-state index contributed by atoms with van der Waals surface area (Å²) >= 11 is 0. The van der Waals surface area contributed by atoms with Crippen molar-refractivity contribution in [3.8, 4) is 11.4 Å². The van der Waals surface area contributed by atoms with E-state index in [1.54, 1.807) is 0 Å². The van der Waals surface area contributed by atoms with Gasteiger partial charge in [-0.3, -0.25) is 4.98 Å². The lowest BCUT2D eigenvalue weighted by Gasteiger charge is -2.24. The molecule has 0 spiro atoms. The smallest absolute Gasteiger partial charge is 0.160 e. The number of rotatable bonds is 3. The van der Waals surface area contributed by atoms with Crippen molar-refractivity contribution in [2.45, 2.75) is 26.3 Å². The molecule has 1 aliphatic rings. The first-order valence-corrected chi connectivity index (χ1v) is 8.25. The minimum atomic E-state index is 0.629. The lowest BCUT2D eigenvalue weighted by atomic mass is 9.99. The highest BCUT2D eigenvalue weighted by atomic mass is 15.1. The molecule has 3 aromatic rings. The first-order chi connectivity index (χ1) is 11.3. The van der Waals surface area contributed by atoms with Crippen LogP contribution in [0.1, 0.15) is 18.4 Å². The predicted molar refractivity (Wildman–Crippen MR) is 91.1 cm³/mol. The Kier molecular flexibility index (Phi) is 3.79. The second-order valence-corrected chi connectivity index (χ2v) is 6.35. The zero-order chi connectivity index (χ0) is 15.6. The third-order valence-corrected chi connectivity index (χ3v) is 4.50. The maximum absolute atomic E-state index is 4.86. The number of hydrogen-bond acceptors (Lipinski definition) is 4. The van der Waals surface area contributed by atoms with Crippen LogP contribution >= 0.6 is 0 Å². The maximum atomic E-state index is 4.86. The Labute approximate surface area is 135 Å². The molecule has 0 aromatic carbocycles. The Bertz CT molecular complexity index is 803. The van der Waals surface area contributed by atoms with Gasteiger partial charge in [0.25, 0.3) is 0 Å². The van der Waals surface area contributed by atoms with E-state index in [4.69, 9.17) is 4.98 Å². The van der Waals surface area contributed by atoms with E-state index < -0.39 is 0 Å². The van der Waals surface area contributed by atoms with Gasteiger partial charge in [-0.15, -0.1) is 0 Å². The number of nitrogens with zero attached hydrogens (tertiary/aromatic N) is 4. The number of hydrogen-bond donors (Lipinski definition) is 1. The van der Waals surface area contributed by atoms with E-state index in [1.807, 2.05) is 30.7 Å². The molecule has 5 nitrogen and oxygen atoms in total. The van der Waals surface area contributed by atoms with Crippen molar-refractivity contribution in [1.82, 2.24) is 24.8 Å². The van der Waals surface area contributed by atoms with Gasteiger partial charge in [-0.05, 0) is 62.5 Å². The zero-order valence-corrected chi connectivity index (χ0v) is 13.4. The molecule has 0 aliphatic carbocycles. The molecule has 4 rings (SSSR count). The van der Waals surface area contributed by atoms with Gasteiger partial charge in [0, 0.05) is 30.7 Å². The van der Waals surface area contributed by atoms with Gasteiger partial charge in [0.05, 0.1) is 0 Å². The van der Waals surface area contributed by atoms with Crippen molar-refractivity contribution in [1.29, 1.82) is 0 Å². The maximum Gasteiger partial charge on any atom is 0.160 e. The second kappa shape index (κ2) is 6.08. The molecule has 5 heteroatoms. The molecule has 0 saturated carbocycles. The summed E-state index contributed by atoms with van der Waals surface area (Å²) in [7, 11) is 0. The quantitative estimate of drug-likeness (QED) is 0.808. The van der Waals surface area contributed by atoms with Gasteiger partial charge in [-0.2, -0.15) is 0 Å². The third kappa shape index (κ3) is 2.84. The fourth-order valence-corrected chi connectivity index (χ4v) is 3.34. The summed E-state index contributed by atoms with van der Waals surface area (Å²) in [6.45, 7) is 5.22. The van der Waals surface area contributed by atoms with Crippen LogP contribution in [0, 0.1) is 12.8 Å². The van der Waals surface area contributed by atoms with Gasteiger partial charge >= 0.3 is 0 Å². The fourth-order valence-electron chi connectivity index (χ4n) is 3.34. The van der Waals surface area contributed by atoms with Crippen molar-refractivity contribution >= 4 is 11.2 Å². The molecule has 1 atom stereocenters. The average molecular weight is 307 g/mol. The lowest BCUT2D eigenvalue weighted by Crippen LogP contribution is -2.32. The van der Waals surface area contributed by atoms with Gasteiger partial charge < -0.3 is 9.88 Å². The fraction of sp³-hybridized carbons (Fsp3) is 0.389. The number of nitrogens with one attached hydrogen (secondary N) is 1. The Morgan fingerprint density at radius 1 is 1.30 bits per heavy atom. The van der Waals surface area contributed by atoms with E-state index in [1.165, 1.54) is 12.8 Å². The molecule has 0 amide bonds. The van der Waals surface area contributed by atoms with E-state index in [9.17, 15) is 0 Å². The summed E-state index contributed by atoms with van der Waals surface area (Å²) in [5.74, 6) is 1.62. The van der Waals surface area contributed by atoms with Crippen LogP contribution in [0.4, 0.5) is 0 Å². The third-order valence-electron chi connectivity index (χ3n) is 4.50. The van der Waals surface area contributed by atoms with Crippen LogP contribution in [0.3, 0.4) is 0 Å². The molecule has 1 fully saturated rings. The molecule has 1 N–H and O–H groups in total. The standard InChI is InChI=1S/C18H21N5/c1-13-9-16-18(21-10-13)23(12-14-3-2-6-20-11-14)17(22-16)15-4-7-19-8-5-15/h4-5,7-10,14,20H,2-3,6,11-12H2,1H3. The normalized spacial score (nSPS) is 18.4. The number of piperidine rings is 1. The Balaban J connectivity index is 1.81. The van der Waals surface area contributed by atoms with Crippen LogP contribution in [0.25, 0.3) is 22.6 Å². The molecule has 118 valence electrons. The van der Waals surface area contributed by atoms with Gasteiger partial charge in [-0.25, -0.2) is 9.97 Å². The SMILES string of the molecule is Cc1cnc2c(c1)nc(-c1ccncc1)n2CC1CCCNC1. The summed E-state index contributed by atoms with van der Waals surface area (Å²) in [5, 5.41) is 3.50. The molecule has 1 saturated heterocycles. The minimum absolute atomic E-state index is 0.629. The first kappa shape index (κ1) is 14.3. The van der Waals surface area contributed by atoms with E-state index in [2.05, 4.69) is 32.8 Å². The van der Waals surface area contributed by atoms with E-state index in [0.29, 0.717) is 5.92 Å². The molecular formula is C18H21N5. The molecule has 0 radical (unpaired) electrons. The number of fused-ring (bicyclic) bond motifs is 1. The highest BCUT2D eigenvalue weighted by Gasteiger charge is 2.19.